The SMILES string of the molecule is CC(CC(=O)NCCN1CCN(c2ccccc2)CC1)c1ccccc1. The normalized spacial score (nSPS) is 16.3. The quantitative estimate of drug-likeness (QED) is 0.832. The maximum Gasteiger partial charge on any atom is 0.220 e. The van der Waals surface area contributed by atoms with Crippen LogP contribution in [0.2, 0.25) is 0 Å². The second kappa shape index (κ2) is 9.39. The van der Waals surface area contributed by atoms with Gasteiger partial charge in [0.15, 0.2) is 0 Å². The van der Waals surface area contributed by atoms with Crippen molar-refractivity contribution < 1.29 is 4.79 Å². The molecule has 3 rings (SSSR count). The molecule has 0 aliphatic carbocycles. The maximum absolute atomic E-state index is 12.2. The molecule has 138 valence electrons. The molecule has 1 N–H and O–H groups in total. The Morgan fingerprint density at radius 1 is 0.962 bits per heavy atom. The van der Waals surface area contributed by atoms with E-state index in [-0.39, 0.29) is 11.8 Å². The van der Waals surface area contributed by atoms with E-state index < -0.39 is 0 Å². The van der Waals surface area contributed by atoms with Crippen molar-refractivity contribution in [3.05, 3.63) is 66.2 Å². The fourth-order valence-electron chi connectivity index (χ4n) is 3.47. The van der Waals surface area contributed by atoms with Gasteiger partial charge in [-0.15, -0.1) is 0 Å². The number of piperazine rings is 1. The molecule has 0 aromatic heterocycles. The van der Waals surface area contributed by atoms with Gasteiger partial charge in [0.05, 0.1) is 0 Å². The van der Waals surface area contributed by atoms with Crippen molar-refractivity contribution >= 4 is 11.6 Å². The number of rotatable bonds is 7. The monoisotopic (exact) mass is 351 g/mol. The van der Waals surface area contributed by atoms with E-state index in [0.29, 0.717) is 6.42 Å². The first-order chi connectivity index (χ1) is 12.7. The molecule has 1 unspecified atom stereocenters. The van der Waals surface area contributed by atoms with Crippen LogP contribution in [0, 0.1) is 0 Å². The second-order valence-electron chi connectivity index (χ2n) is 7.03. The molecule has 1 fully saturated rings. The lowest BCUT2D eigenvalue weighted by molar-refractivity contribution is -0.121. The predicted molar refractivity (Wildman–Crippen MR) is 108 cm³/mol. The van der Waals surface area contributed by atoms with Crippen molar-refractivity contribution in [2.75, 3.05) is 44.2 Å². The Morgan fingerprint density at radius 2 is 1.58 bits per heavy atom. The Hall–Kier alpha value is -2.33. The van der Waals surface area contributed by atoms with E-state index >= 15 is 0 Å². The molecule has 0 spiro atoms. The van der Waals surface area contributed by atoms with E-state index in [0.717, 1.165) is 39.3 Å². The average Bonchev–Trinajstić information content (AvgIpc) is 2.70. The summed E-state index contributed by atoms with van der Waals surface area (Å²) in [7, 11) is 0. The summed E-state index contributed by atoms with van der Waals surface area (Å²) in [5.74, 6) is 0.398. The van der Waals surface area contributed by atoms with E-state index in [1.807, 2.05) is 18.2 Å². The average molecular weight is 351 g/mol. The standard InChI is InChI=1S/C22H29N3O/c1-19(20-8-4-2-5-9-20)18-22(26)23-12-13-24-14-16-25(17-15-24)21-10-6-3-7-11-21/h2-11,19H,12-18H2,1H3,(H,23,26). The van der Waals surface area contributed by atoms with E-state index in [1.165, 1.54) is 11.3 Å². The Morgan fingerprint density at radius 3 is 2.23 bits per heavy atom. The van der Waals surface area contributed by atoms with Gasteiger partial charge in [-0.05, 0) is 23.6 Å². The van der Waals surface area contributed by atoms with Crippen LogP contribution < -0.4 is 10.2 Å². The Balaban J connectivity index is 1.33. The molecule has 1 aliphatic heterocycles. The number of carbonyl (C=O) groups is 1. The van der Waals surface area contributed by atoms with Crippen LogP contribution in [0.4, 0.5) is 5.69 Å². The third-order valence-corrected chi connectivity index (χ3v) is 5.10. The molecule has 0 radical (unpaired) electrons. The number of nitrogens with one attached hydrogen (secondary N) is 1. The molecular weight excluding hydrogens is 322 g/mol. The summed E-state index contributed by atoms with van der Waals surface area (Å²) in [5, 5.41) is 3.08. The number of carbonyl (C=O) groups excluding carboxylic acids is 1. The highest BCUT2D eigenvalue weighted by atomic mass is 16.1. The van der Waals surface area contributed by atoms with Crippen molar-refractivity contribution in [2.24, 2.45) is 0 Å². The van der Waals surface area contributed by atoms with E-state index in [9.17, 15) is 4.79 Å². The molecule has 0 bridgehead atoms. The summed E-state index contributed by atoms with van der Waals surface area (Å²) < 4.78 is 0. The van der Waals surface area contributed by atoms with Crippen molar-refractivity contribution in [2.45, 2.75) is 19.3 Å². The molecule has 1 aliphatic rings. The minimum atomic E-state index is 0.143. The summed E-state index contributed by atoms with van der Waals surface area (Å²) >= 11 is 0. The zero-order chi connectivity index (χ0) is 18.2. The molecule has 1 atom stereocenters. The van der Waals surface area contributed by atoms with E-state index in [4.69, 9.17) is 0 Å². The van der Waals surface area contributed by atoms with Crippen molar-refractivity contribution in [1.29, 1.82) is 0 Å². The lowest BCUT2D eigenvalue weighted by Gasteiger charge is -2.36. The zero-order valence-electron chi connectivity index (χ0n) is 15.6. The smallest absolute Gasteiger partial charge is 0.220 e. The fourth-order valence-corrected chi connectivity index (χ4v) is 3.47. The molecule has 4 nitrogen and oxygen atoms in total. The summed E-state index contributed by atoms with van der Waals surface area (Å²) in [6, 6.07) is 20.8. The van der Waals surface area contributed by atoms with E-state index in [2.05, 4.69) is 64.5 Å². The molecule has 26 heavy (non-hydrogen) atoms. The predicted octanol–water partition coefficient (Wildman–Crippen LogP) is 3.12. The van der Waals surface area contributed by atoms with Gasteiger partial charge in [-0.2, -0.15) is 0 Å². The van der Waals surface area contributed by atoms with Crippen LogP contribution in [-0.4, -0.2) is 50.1 Å². The first kappa shape index (κ1) is 18.5. The first-order valence-corrected chi connectivity index (χ1v) is 9.56. The second-order valence-corrected chi connectivity index (χ2v) is 7.03. The van der Waals surface area contributed by atoms with Gasteiger partial charge in [-0.3, -0.25) is 9.69 Å². The summed E-state index contributed by atoms with van der Waals surface area (Å²) in [5.41, 5.74) is 2.52. The molecule has 0 saturated carbocycles. The molecule has 2 aromatic carbocycles. The minimum Gasteiger partial charge on any atom is -0.369 e. The summed E-state index contributed by atoms with van der Waals surface area (Å²) in [6.45, 7) is 7.94. The molecular formula is C22H29N3O. The van der Waals surface area contributed by atoms with Gasteiger partial charge in [0.25, 0.3) is 0 Å². The highest BCUT2D eigenvalue weighted by Crippen LogP contribution is 2.18. The van der Waals surface area contributed by atoms with Crippen LogP contribution in [0.1, 0.15) is 24.8 Å². The number of anilines is 1. The van der Waals surface area contributed by atoms with Crippen molar-refractivity contribution in [1.82, 2.24) is 10.2 Å². The number of hydrogen-bond acceptors (Lipinski definition) is 3. The van der Waals surface area contributed by atoms with Crippen LogP contribution in [0.15, 0.2) is 60.7 Å². The van der Waals surface area contributed by atoms with Crippen LogP contribution in [0.5, 0.6) is 0 Å². The molecule has 1 saturated heterocycles. The third kappa shape index (κ3) is 5.33. The molecule has 1 amide bonds. The van der Waals surface area contributed by atoms with Gasteiger partial charge in [-0.1, -0.05) is 55.5 Å². The van der Waals surface area contributed by atoms with E-state index in [1.54, 1.807) is 0 Å². The van der Waals surface area contributed by atoms with Gasteiger partial charge in [0, 0.05) is 51.4 Å². The summed E-state index contributed by atoms with van der Waals surface area (Å²) in [4.78, 5) is 17.0. The Bertz CT molecular complexity index is 666. The van der Waals surface area contributed by atoms with Crippen molar-refractivity contribution in [3.63, 3.8) is 0 Å². The number of benzene rings is 2. The summed E-state index contributed by atoms with van der Waals surface area (Å²) in [6.07, 6.45) is 0.547. The fraction of sp³-hybridized carbons (Fsp3) is 0.409. The number of nitrogens with zero attached hydrogens (tertiary/aromatic N) is 2. The van der Waals surface area contributed by atoms with Crippen LogP contribution in [0.25, 0.3) is 0 Å². The maximum atomic E-state index is 12.2. The number of para-hydroxylation sites is 1. The minimum absolute atomic E-state index is 0.143. The zero-order valence-corrected chi connectivity index (χ0v) is 15.6. The van der Waals surface area contributed by atoms with Gasteiger partial charge in [0.2, 0.25) is 5.91 Å². The third-order valence-electron chi connectivity index (χ3n) is 5.10. The van der Waals surface area contributed by atoms with Gasteiger partial charge in [-0.25, -0.2) is 0 Å². The molecule has 2 aromatic rings. The first-order valence-electron chi connectivity index (χ1n) is 9.56. The van der Waals surface area contributed by atoms with Crippen LogP contribution in [-0.2, 0) is 4.79 Å². The molecule has 1 heterocycles. The lowest BCUT2D eigenvalue weighted by Crippen LogP contribution is -2.48. The largest absolute Gasteiger partial charge is 0.369 e. The van der Waals surface area contributed by atoms with Crippen LogP contribution >= 0.6 is 0 Å². The Labute approximate surface area is 156 Å². The lowest BCUT2D eigenvalue weighted by atomic mass is 9.98. The van der Waals surface area contributed by atoms with Crippen LogP contribution in [0.3, 0.4) is 0 Å². The van der Waals surface area contributed by atoms with Gasteiger partial charge >= 0.3 is 0 Å². The highest BCUT2D eigenvalue weighted by molar-refractivity contribution is 5.76. The highest BCUT2D eigenvalue weighted by Gasteiger charge is 2.17. The topological polar surface area (TPSA) is 35.6 Å². The van der Waals surface area contributed by atoms with Crippen molar-refractivity contribution in [3.8, 4) is 0 Å². The Kier molecular flexibility index (Phi) is 6.67. The number of amides is 1. The van der Waals surface area contributed by atoms with Gasteiger partial charge in [0.1, 0.15) is 0 Å². The number of hydrogen-bond donors (Lipinski definition) is 1. The molecule has 4 heteroatoms. The van der Waals surface area contributed by atoms with Gasteiger partial charge < -0.3 is 10.2 Å².